The molecule has 4 heteroatoms. The summed E-state index contributed by atoms with van der Waals surface area (Å²) in [7, 11) is 0. The van der Waals surface area contributed by atoms with E-state index in [1.165, 1.54) is 25.7 Å². The number of hydrogen-bond acceptors (Lipinski definition) is 3. The molecular weight excluding hydrogens is 238 g/mol. The predicted molar refractivity (Wildman–Crippen MR) is 77.2 cm³/mol. The van der Waals surface area contributed by atoms with Gasteiger partial charge in [-0.05, 0) is 36.3 Å². The van der Waals surface area contributed by atoms with Crippen LogP contribution in [0, 0.1) is 5.41 Å². The van der Waals surface area contributed by atoms with Crippen LogP contribution in [0.1, 0.15) is 43.7 Å². The fourth-order valence-corrected chi connectivity index (χ4v) is 2.70. The Morgan fingerprint density at radius 3 is 2.84 bits per heavy atom. The Balaban J connectivity index is 1.89. The van der Waals surface area contributed by atoms with E-state index in [0.29, 0.717) is 5.41 Å². The Bertz CT molecular complexity index is 447. The Kier molecular flexibility index (Phi) is 4.43. The van der Waals surface area contributed by atoms with Gasteiger partial charge in [-0.15, -0.1) is 0 Å². The first kappa shape index (κ1) is 13.9. The van der Waals surface area contributed by atoms with Crippen LogP contribution >= 0.6 is 0 Å². The van der Waals surface area contributed by atoms with Gasteiger partial charge in [0.15, 0.2) is 5.84 Å². The average molecular weight is 261 g/mol. The van der Waals surface area contributed by atoms with E-state index in [1.54, 1.807) is 0 Å². The maximum Gasteiger partial charge on any atom is 0.170 e. The lowest BCUT2D eigenvalue weighted by Crippen LogP contribution is -2.39. The van der Waals surface area contributed by atoms with E-state index in [0.717, 1.165) is 24.2 Å². The molecule has 0 bridgehead atoms. The van der Waals surface area contributed by atoms with E-state index < -0.39 is 0 Å². The molecule has 1 saturated carbocycles. The van der Waals surface area contributed by atoms with E-state index in [1.807, 2.05) is 18.2 Å². The minimum absolute atomic E-state index is 0.158. The molecule has 104 valence electrons. The lowest BCUT2D eigenvalue weighted by atomic mass is 9.67. The molecule has 19 heavy (non-hydrogen) atoms. The van der Waals surface area contributed by atoms with Crippen LogP contribution in [0.4, 0.5) is 0 Å². The van der Waals surface area contributed by atoms with Crippen molar-refractivity contribution in [2.75, 3.05) is 6.54 Å². The second-order valence-electron chi connectivity index (χ2n) is 5.50. The summed E-state index contributed by atoms with van der Waals surface area (Å²) in [5, 5.41) is 15.2. The molecule has 0 unspecified atom stereocenters. The molecule has 0 radical (unpaired) electrons. The summed E-state index contributed by atoms with van der Waals surface area (Å²) >= 11 is 0. The first-order chi connectivity index (χ1) is 9.19. The topological polar surface area (TPSA) is 70.6 Å². The summed E-state index contributed by atoms with van der Waals surface area (Å²) in [6.07, 6.45) is 5.32. The SMILES string of the molecule is CCC1(CNCc2cccc(/C(N)=N/O)c2)CCC1. The molecule has 0 spiro atoms. The van der Waals surface area contributed by atoms with Crippen molar-refractivity contribution in [3.63, 3.8) is 0 Å². The van der Waals surface area contributed by atoms with Gasteiger partial charge in [-0.2, -0.15) is 0 Å². The number of rotatable bonds is 6. The van der Waals surface area contributed by atoms with Crippen molar-refractivity contribution >= 4 is 5.84 Å². The van der Waals surface area contributed by atoms with Crippen LogP contribution in [0.25, 0.3) is 0 Å². The fraction of sp³-hybridized carbons (Fsp3) is 0.533. The molecule has 0 amide bonds. The zero-order chi connectivity index (χ0) is 13.7. The largest absolute Gasteiger partial charge is 0.409 e. The number of benzene rings is 1. The third kappa shape index (κ3) is 3.26. The van der Waals surface area contributed by atoms with E-state index in [2.05, 4.69) is 23.5 Å². The maximum atomic E-state index is 8.68. The van der Waals surface area contributed by atoms with Gasteiger partial charge in [-0.3, -0.25) is 0 Å². The minimum Gasteiger partial charge on any atom is -0.409 e. The van der Waals surface area contributed by atoms with Crippen LogP contribution in [0.15, 0.2) is 29.4 Å². The van der Waals surface area contributed by atoms with Crippen LogP contribution in [0.2, 0.25) is 0 Å². The second kappa shape index (κ2) is 6.06. The van der Waals surface area contributed by atoms with Crippen molar-refractivity contribution in [2.24, 2.45) is 16.3 Å². The van der Waals surface area contributed by atoms with Gasteiger partial charge in [0.05, 0.1) is 0 Å². The summed E-state index contributed by atoms with van der Waals surface area (Å²) in [5.41, 5.74) is 8.05. The highest BCUT2D eigenvalue weighted by atomic mass is 16.4. The molecule has 1 aromatic carbocycles. The Morgan fingerprint density at radius 1 is 1.47 bits per heavy atom. The molecule has 1 aliphatic carbocycles. The van der Waals surface area contributed by atoms with E-state index in [-0.39, 0.29) is 5.84 Å². The van der Waals surface area contributed by atoms with Gasteiger partial charge in [-0.1, -0.05) is 36.7 Å². The third-order valence-electron chi connectivity index (χ3n) is 4.32. The monoisotopic (exact) mass is 261 g/mol. The molecule has 1 aromatic rings. The van der Waals surface area contributed by atoms with Gasteiger partial charge in [0.1, 0.15) is 0 Å². The van der Waals surface area contributed by atoms with Crippen molar-refractivity contribution in [3.8, 4) is 0 Å². The van der Waals surface area contributed by atoms with Crippen LogP contribution in [-0.2, 0) is 6.54 Å². The molecule has 4 nitrogen and oxygen atoms in total. The molecule has 1 aliphatic rings. The van der Waals surface area contributed by atoms with E-state index >= 15 is 0 Å². The third-order valence-corrected chi connectivity index (χ3v) is 4.32. The summed E-state index contributed by atoms with van der Waals surface area (Å²) in [4.78, 5) is 0. The highest BCUT2D eigenvalue weighted by molar-refractivity contribution is 5.97. The van der Waals surface area contributed by atoms with Crippen LogP contribution in [0.5, 0.6) is 0 Å². The zero-order valence-electron chi connectivity index (χ0n) is 11.5. The smallest absolute Gasteiger partial charge is 0.170 e. The summed E-state index contributed by atoms with van der Waals surface area (Å²) in [6, 6.07) is 7.79. The second-order valence-corrected chi connectivity index (χ2v) is 5.50. The summed E-state index contributed by atoms with van der Waals surface area (Å²) < 4.78 is 0. The van der Waals surface area contributed by atoms with E-state index in [9.17, 15) is 0 Å². The highest BCUT2D eigenvalue weighted by Crippen LogP contribution is 2.43. The quantitative estimate of drug-likeness (QED) is 0.319. The van der Waals surface area contributed by atoms with E-state index in [4.69, 9.17) is 10.9 Å². The van der Waals surface area contributed by atoms with Gasteiger partial charge >= 0.3 is 0 Å². The van der Waals surface area contributed by atoms with Gasteiger partial charge in [-0.25, -0.2) is 0 Å². The summed E-state index contributed by atoms with van der Waals surface area (Å²) in [6.45, 7) is 4.19. The molecule has 0 aromatic heterocycles. The molecule has 0 heterocycles. The standard InChI is InChI=1S/C15H23N3O/c1-2-15(7-4-8-15)11-17-10-12-5-3-6-13(9-12)14(16)18-19/h3,5-6,9,17,19H,2,4,7-8,10-11H2,1H3,(H2,16,18). The Hall–Kier alpha value is -1.55. The maximum absolute atomic E-state index is 8.68. The fourth-order valence-electron chi connectivity index (χ4n) is 2.70. The zero-order valence-corrected chi connectivity index (χ0v) is 11.5. The van der Waals surface area contributed by atoms with Gasteiger partial charge in [0.2, 0.25) is 0 Å². The number of nitrogens with two attached hydrogens (primary N) is 1. The van der Waals surface area contributed by atoms with Crippen LogP contribution < -0.4 is 11.1 Å². The Morgan fingerprint density at radius 2 is 2.26 bits per heavy atom. The molecule has 0 aliphatic heterocycles. The molecule has 0 atom stereocenters. The van der Waals surface area contributed by atoms with Crippen molar-refractivity contribution in [1.82, 2.24) is 5.32 Å². The molecule has 2 rings (SSSR count). The van der Waals surface area contributed by atoms with Crippen molar-refractivity contribution in [3.05, 3.63) is 35.4 Å². The number of nitrogens with one attached hydrogen (secondary N) is 1. The normalized spacial score (nSPS) is 18.1. The average Bonchev–Trinajstić information content (AvgIpc) is 2.41. The first-order valence-electron chi connectivity index (χ1n) is 6.97. The molecule has 0 saturated heterocycles. The van der Waals surface area contributed by atoms with Crippen molar-refractivity contribution in [2.45, 2.75) is 39.2 Å². The highest BCUT2D eigenvalue weighted by Gasteiger charge is 2.34. The lowest BCUT2D eigenvalue weighted by Gasteiger charge is -2.41. The number of oxime groups is 1. The number of hydrogen-bond donors (Lipinski definition) is 3. The van der Waals surface area contributed by atoms with Crippen LogP contribution in [-0.4, -0.2) is 17.6 Å². The first-order valence-corrected chi connectivity index (χ1v) is 6.97. The van der Waals surface area contributed by atoms with Gasteiger partial charge in [0.25, 0.3) is 0 Å². The van der Waals surface area contributed by atoms with Gasteiger partial charge in [0, 0.05) is 18.7 Å². The molecule has 4 N–H and O–H groups in total. The van der Waals surface area contributed by atoms with Crippen molar-refractivity contribution < 1.29 is 5.21 Å². The Labute approximate surface area is 114 Å². The predicted octanol–water partition coefficient (Wildman–Crippen LogP) is 2.45. The summed E-state index contributed by atoms with van der Waals surface area (Å²) in [5.74, 6) is 0.158. The molecule has 1 fully saturated rings. The lowest BCUT2D eigenvalue weighted by molar-refractivity contribution is 0.124. The minimum atomic E-state index is 0.158. The number of amidine groups is 1. The number of nitrogens with zero attached hydrogens (tertiary/aromatic N) is 1. The van der Waals surface area contributed by atoms with Crippen molar-refractivity contribution in [1.29, 1.82) is 0 Å². The van der Waals surface area contributed by atoms with Crippen LogP contribution in [0.3, 0.4) is 0 Å². The van der Waals surface area contributed by atoms with Gasteiger partial charge < -0.3 is 16.3 Å². The molecular formula is C15H23N3O.